The summed E-state index contributed by atoms with van der Waals surface area (Å²) in [4.78, 5) is 3.28. The van der Waals surface area contributed by atoms with Crippen LogP contribution in [0.25, 0.3) is 10.9 Å². The van der Waals surface area contributed by atoms with Crippen LogP contribution in [0.15, 0.2) is 24.4 Å². The van der Waals surface area contributed by atoms with E-state index in [-0.39, 0.29) is 5.54 Å². The van der Waals surface area contributed by atoms with E-state index < -0.39 is 0 Å². The first-order valence-electron chi connectivity index (χ1n) is 6.75. The Morgan fingerprint density at radius 3 is 2.95 bits per heavy atom. The van der Waals surface area contributed by atoms with Gasteiger partial charge in [-0.25, -0.2) is 0 Å². The van der Waals surface area contributed by atoms with Crippen molar-refractivity contribution in [2.75, 3.05) is 13.2 Å². The second-order valence-electron chi connectivity index (χ2n) is 5.53. The fourth-order valence-corrected chi connectivity index (χ4v) is 2.78. The number of aromatic nitrogens is 1. The Labute approximate surface area is 118 Å². The minimum atomic E-state index is 0.189. The van der Waals surface area contributed by atoms with Crippen molar-refractivity contribution in [1.29, 1.82) is 0 Å². The van der Waals surface area contributed by atoms with Gasteiger partial charge in [0.05, 0.1) is 0 Å². The molecule has 1 aromatic carbocycles. The van der Waals surface area contributed by atoms with Gasteiger partial charge in [-0.1, -0.05) is 17.7 Å². The highest BCUT2D eigenvalue weighted by molar-refractivity contribution is 6.31. The first-order chi connectivity index (χ1) is 9.16. The molecule has 1 aliphatic rings. The number of fused-ring (bicyclic) bond motifs is 1. The summed E-state index contributed by atoms with van der Waals surface area (Å²) in [6.45, 7) is 4.86. The molecule has 0 bridgehead atoms. The van der Waals surface area contributed by atoms with E-state index in [2.05, 4.69) is 29.5 Å². The van der Waals surface area contributed by atoms with Crippen LogP contribution in [0.1, 0.15) is 25.3 Å². The number of halogens is 1. The lowest BCUT2D eigenvalue weighted by Gasteiger charge is -2.34. The van der Waals surface area contributed by atoms with Crippen LogP contribution in [-0.4, -0.2) is 23.7 Å². The van der Waals surface area contributed by atoms with Crippen LogP contribution in [0.2, 0.25) is 5.02 Å². The number of nitrogens with one attached hydrogen (secondary N) is 2. The van der Waals surface area contributed by atoms with Crippen molar-refractivity contribution in [3.8, 4) is 0 Å². The third kappa shape index (κ3) is 2.78. The molecule has 1 aliphatic heterocycles. The van der Waals surface area contributed by atoms with E-state index in [1.54, 1.807) is 0 Å². The van der Waals surface area contributed by atoms with Crippen molar-refractivity contribution in [2.45, 2.75) is 31.8 Å². The third-order valence-corrected chi connectivity index (χ3v) is 4.27. The fraction of sp³-hybridized carbons (Fsp3) is 0.467. The molecule has 2 N–H and O–H groups in total. The molecule has 0 atom stereocenters. The van der Waals surface area contributed by atoms with Crippen LogP contribution in [0.3, 0.4) is 0 Å². The Morgan fingerprint density at radius 1 is 1.37 bits per heavy atom. The first-order valence-corrected chi connectivity index (χ1v) is 7.12. The molecule has 2 aromatic rings. The molecule has 0 spiro atoms. The minimum Gasteiger partial charge on any atom is -0.381 e. The van der Waals surface area contributed by atoms with Crippen LogP contribution in [0, 0.1) is 0 Å². The molecule has 0 saturated carbocycles. The topological polar surface area (TPSA) is 37.0 Å². The summed E-state index contributed by atoms with van der Waals surface area (Å²) in [6.07, 6.45) is 4.21. The smallest absolute Gasteiger partial charge is 0.0483 e. The maximum Gasteiger partial charge on any atom is 0.0483 e. The van der Waals surface area contributed by atoms with Gasteiger partial charge < -0.3 is 15.0 Å². The van der Waals surface area contributed by atoms with Gasteiger partial charge >= 0.3 is 0 Å². The van der Waals surface area contributed by atoms with Gasteiger partial charge in [-0.05, 0) is 37.5 Å². The second kappa shape index (κ2) is 5.16. The van der Waals surface area contributed by atoms with Gasteiger partial charge in [-0.2, -0.15) is 0 Å². The first kappa shape index (κ1) is 13.0. The van der Waals surface area contributed by atoms with E-state index in [4.69, 9.17) is 16.3 Å². The Morgan fingerprint density at radius 2 is 2.16 bits per heavy atom. The molecule has 0 amide bonds. The van der Waals surface area contributed by atoms with Crippen molar-refractivity contribution >= 4 is 22.5 Å². The van der Waals surface area contributed by atoms with E-state index in [1.165, 1.54) is 10.9 Å². The number of H-pyrrole nitrogens is 1. The summed E-state index contributed by atoms with van der Waals surface area (Å²) in [5.74, 6) is 0. The van der Waals surface area contributed by atoms with Crippen LogP contribution in [0.4, 0.5) is 0 Å². The fourth-order valence-electron chi connectivity index (χ4n) is 2.61. The lowest BCUT2D eigenvalue weighted by Crippen LogP contribution is -2.46. The van der Waals surface area contributed by atoms with Crippen molar-refractivity contribution < 1.29 is 4.74 Å². The quantitative estimate of drug-likeness (QED) is 0.902. The average molecular weight is 279 g/mol. The molecule has 0 unspecified atom stereocenters. The molecule has 4 heteroatoms. The van der Waals surface area contributed by atoms with E-state index in [0.29, 0.717) is 0 Å². The maximum atomic E-state index is 6.00. The zero-order valence-corrected chi connectivity index (χ0v) is 11.9. The lowest BCUT2D eigenvalue weighted by atomic mass is 9.92. The highest BCUT2D eigenvalue weighted by atomic mass is 35.5. The van der Waals surface area contributed by atoms with Gasteiger partial charge in [0.25, 0.3) is 0 Å². The van der Waals surface area contributed by atoms with Crippen LogP contribution in [0.5, 0.6) is 0 Å². The van der Waals surface area contributed by atoms with Gasteiger partial charge in [0.2, 0.25) is 0 Å². The lowest BCUT2D eigenvalue weighted by molar-refractivity contribution is 0.0446. The number of aromatic amines is 1. The molecule has 102 valence electrons. The SMILES string of the molecule is CC1(NCc2c[nH]c3cc(Cl)ccc23)CCOCC1. The van der Waals surface area contributed by atoms with E-state index in [1.807, 2.05) is 12.1 Å². The van der Waals surface area contributed by atoms with Crippen LogP contribution < -0.4 is 5.32 Å². The van der Waals surface area contributed by atoms with Gasteiger partial charge in [-0.3, -0.25) is 0 Å². The maximum absolute atomic E-state index is 6.00. The van der Waals surface area contributed by atoms with E-state index in [9.17, 15) is 0 Å². The van der Waals surface area contributed by atoms with Gasteiger partial charge in [0, 0.05) is 47.4 Å². The zero-order chi connectivity index (χ0) is 13.3. The molecule has 3 nitrogen and oxygen atoms in total. The molecular weight excluding hydrogens is 260 g/mol. The summed E-state index contributed by atoms with van der Waals surface area (Å²) in [5, 5.41) is 5.69. The summed E-state index contributed by atoms with van der Waals surface area (Å²) >= 11 is 6.00. The van der Waals surface area contributed by atoms with Crippen molar-refractivity contribution in [3.63, 3.8) is 0 Å². The van der Waals surface area contributed by atoms with Crippen molar-refractivity contribution in [2.24, 2.45) is 0 Å². The standard InChI is InChI=1S/C15H19ClN2O/c1-15(4-6-19-7-5-15)18-10-11-9-17-14-8-12(16)2-3-13(11)14/h2-3,8-9,17-18H,4-7,10H2,1H3. The number of hydrogen-bond donors (Lipinski definition) is 2. The number of benzene rings is 1. The van der Waals surface area contributed by atoms with Gasteiger partial charge in [-0.15, -0.1) is 0 Å². The predicted octanol–water partition coefficient (Wildman–Crippen LogP) is 3.48. The summed E-state index contributed by atoms with van der Waals surface area (Å²) < 4.78 is 5.42. The summed E-state index contributed by atoms with van der Waals surface area (Å²) in [6, 6.07) is 5.99. The van der Waals surface area contributed by atoms with Crippen LogP contribution in [-0.2, 0) is 11.3 Å². The molecule has 1 fully saturated rings. The monoisotopic (exact) mass is 278 g/mol. The Balaban J connectivity index is 1.74. The van der Waals surface area contributed by atoms with Gasteiger partial charge in [0.15, 0.2) is 0 Å². The van der Waals surface area contributed by atoms with Crippen molar-refractivity contribution in [3.05, 3.63) is 35.0 Å². The number of rotatable bonds is 3. The predicted molar refractivity (Wildman–Crippen MR) is 78.6 cm³/mol. The largest absolute Gasteiger partial charge is 0.381 e. The van der Waals surface area contributed by atoms with E-state index in [0.717, 1.165) is 43.1 Å². The molecular formula is C15H19ClN2O. The normalized spacial score (nSPS) is 18.8. The average Bonchev–Trinajstić information content (AvgIpc) is 2.79. The molecule has 1 saturated heterocycles. The Hall–Kier alpha value is -1.03. The summed E-state index contributed by atoms with van der Waals surface area (Å²) in [7, 11) is 0. The number of ether oxygens (including phenoxy) is 1. The Bertz CT molecular complexity index is 573. The number of hydrogen-bond acceptors (Lipinski definition) is 2. The van der Waals surface area contributed by atoms with Crippen LogP contribution >= 0.6 is 11.6 Å². The minimum absolute atomic E-state index is 0.189. The molecule has 0 aliphatic carbocycles. The molecule has 1 aromatic heterocycles. The van der Waals surface area contributed by atoms with Gasteiger partial charge in [0.1, 0.15) is 0 Å². The highest BCUT2D eigenvalue weighted by Gasteiger charge is 2.26. The summed E-state index contributed by atoms with van der Waals surface area (Å²) in [5.41, 5.74) is 2.58. The molecule has 3 rings (SSSR count). The van der Waals surface area contributed by atoms with Crippen molar-refractivity contribution in [1.82, 2.24) is 10.3 Å². The molecule has 0 radical (unpaired) electrons. The van der Waals surface area contributed by atoms with E-state index >= 15 is 0 Å². The second-order valence-corrected chi connectivity index (χ2v) is 5.97. The third-order valence-electron chi connectivity index (χ3n) is 4.03. The highest BCUT2D eigenvalue weighted by Crippen LogP contribution is 2.24. The molecule has 2 heterocycles. The molecule has 19 heavy (non-hydrogen) atoms. The Kier molecular flexibility index (Phi) is 3.52. The zero-order valence-electron chi connectivity index (χ0n) is 11.1.